The maximum absolute atomic E-state index is 12.9. The maximum atomic E-state index is 12.9. The summed E-state index contributed by atoms with van der Waals surface area (Å²) in [5.74, 6) is 0.542. The smallest absolute Gasteiger partial charge is 0.200 e. The Morgan fingerprint density at radius 1 is 0.923 bits per heavy atom. The second kappa shape index (κ2) is 7.18. The van der Waals surface area contributed by atoms with Crippen LogP contribution in [0.5, 0.6) is 5.75 Å². The van der Waals surface area contributed by atoms with Crippen LogP contribution in [0, 0.1) is 5.82 Å². The molecule has 2 nitrogen and oxygen atoms in total. The molecule has 0 radical (unpaired) electrons. The predicted octanol–water partition coefficient (Wildman–Crippen LogP) is 5.73. The van der Waals surface area contributed by atoms with Crippen LogP contribution in [0.2, 0.25) is 0 Å². The first kappa shape index (κ1) is 16.6. The number of rotatable bonds is 4. The van der Waals surface area contributed by atoms with Crippen LogP contribution in [-0.4, -0.2) is 5.78 Å². The van der Waals surface area contributed by atoms with Crippen LogP contribution < -0.4 is 4.74 Å². The number of allylic oxidation sites excluding steroid dienone is 1. The zero-order valence-electron chi connectivity index (χ0n) is 13.8. The lowest BCUT2D eigenvalue weighted by molar-refractivity contribution is 0.104. The lowest BCUT2D eigenvalue weighted by atomic mass is 10.1. The first-order valence-corrected chi connectivity index (χ1v) is 9.01. The van der Waals surface area contributed by atoms with Gasteiger partial charge in [-0.2, -0.15) is 0 Å². The maximum Gasteiger partial charge on any atom is 0.200 e. The van der Waals surface area contributed by atoms with Gasteiger partial charge in [0.1, 0.15) is 18.2 Å². The fourth-order valence-corrected chi connectivity index (χ4v) is 3.75. The van der Waals surface area contributed by atoms with E-state index in [1.165, 1.54) is 23.9 Å². The highest BCUT2D eigenvalue weighted by Crippen LogP contribution is 2.40. The number of ether oxygens (including phenoxy) is 1. The van der Waals surface area contributed by atoms with Crippen LogP contribution in [0.15, 0.2) is 82.6 Å². The molecule has 0 amide bonds. The molecule has 128 valence electrons. The quantitative estimate of drug-likeness (QED) is 0.554. The van der Waals surface area contributed by atoms with E-state index in [9.17, 15) is 9.18 Å². The molecule has 0 bridgehead atoms. The minimum Gasteiger partial charge on any atom is -0.489 e. The lowest BCUT2D eigenvalue weighted by Gasteiger charge is -2.06. The Balaban J connectivity index is 1.43. The topological polar surface area (TPSA) is 26.3 Å². The molecule has 3 aromatic rings. The monoisotopic (exact) mass is 362 g/mol. The van der Waals surface area contributed by atoms with Gasteiger partial charge in [-0.15, -0.1) is 0 Å². The van der Waals surface area contributed by atoms with Crippen LogP contribution >= 0.6 is 11.8 Å². The van der Waals surface area contributed by atoms with Gasteiger partial charge in [-0.25, -0.2) is 4.39 Å². The third kappa shape index (κ3) is 3.55. The normalized spacial score (nSPS) is 14.5. The van der Waals surface area contributed by atoms with Crippen LogP contribution in [0.4, 0.5) is 4.39 Å². The molecular formula is C22H15FO2S. The molecule has 0 aliphatic carbocycles. The van der Waals surface area contributed by atoms with Crippen LogP contribution in [0.3, 0.4) is 0 Å². The van der Waals surface area contributed by atoms with Crippen molar-refractivity contribution in [1.82, 2.24) is 0 Å². The number of benzene rings is 3. The lowest BCUT2D eigenvalue weighted by Crippen LogP contribution is -1.95. The van der Waals surface area contributed by atoms with Gasteiger partial charge in [0.25, 0.3) is 0 Å². The van der Waals surface area contributed by atoms with Crippen LogP contribution in [-0.2, 0) is 6.61 Å². The summed E-state index contributed by atoms with van der Waals surface area (Å²) in [4.78, 5) is 14.1. The molecule has 3 aromatic carbocycles. The second-order valence-corrected chi connectivity index (χ2v) is 7.00. The molecule has 1 aliphatic heterocycles. The van der Waals surface area contributed by atoms with Gasteiger partial charge < -0.3 is 4.74 Å². The van der Waals surface area contributed by atoms with E-state index in [0.717, 1.165) is 32.2 Å². The van der Waals surface area contributed by atoms with Crippen molar-refractivity contribution < 1.29 is 13.9 Å². The molecule has 0 atom stereocenters. The van der Waals surface area contributed by atoms with Crippen LogP contribution in [0.1, 0.15) is 21.5 Å². The van der Waals surface area contributed by atoms with Crippen molar-refractivity contribution in [3.05, 3.63) is 100 Å². The van der Waals surface area contributed by atoms with Crippen molar-refractivity contribution in [1.29, 1.82) is 0 Å². The van der Waals surface area contributed by atoms with Gasteiger partial charge >= 0.3 is 0 Å². The summed E-state index contributed by atoms with van der Waals surface area (Å²) < 4.78 is 18.6. The highest BCUT2D eigenvalue weighted by atomic mass is 32.2. The van der Waals surface area contributed by atoms with E-state index >= 15 is 0 Å². The molecule has 0 saturated carbocycles. The van der Waals surface area contributed by atoms with Gasteiger partial charge in [0.05, 0.1) is 4.91 Å². The highest BCUT2D eigenvalue weighted by Gasteiger charge is 2.24. The standard InChI is InChI=1S/C22H15FO2S/c23-17-9-5-16(6-10-17)14-25-18-11-7-15(8-12-18)13-21-22(24)19-3-1-2-4-20(19)26-21/h1-13H,14H2/b21-13+. The SMILES string of the molecule is O=C1/C(=C\c2ccc(OCc3ccc(F)cc3)cc2)Sc2ccccc21. The molecule has 0 N–H and O–H groups in total. The summed E-state index contributed by atoms with van der Waals surface area (Å²) in [6.45, 7) is 0.379. The minimum absolute atomic E-state index is 0.0715. The number of thioether (sulfide) groups is 1. The Morgan fingerprint density at radius 2 is 1.65 bits per heavy atom. The Labute approximate surface area is 155 Å². The Kier molecular flexibility index (Phi) is 4.59. The summed E-state index contributed by atoms with van der Waals surface area (Å²) in [5, 5.41) is 0. The molecule has 1 heterocycles. The zero-order valence-corrected chi connectivity index (χ0v) is 14.6. The van der Waals surface area contributed by atoms with Crippen molar-refractivity contribution in [2.75, 3.05) is 0 Å². The summed E-state index contributed by atoms with van der Waals surface area (Å²) in [7, 11) is 0. The van der Waals surface area contributed by atoms with Gasteiger partial charge in [-0.3, -0.25) is 4.79 Å². The van der Waals surface area contributed by atoms with Gasteiger partial charge in [0, 0.05) is 10.5 Å². The third-order valence-corrected chi connectivity index (χ3v) is 5.17. The number of ketones is 1. The Morgan fingerprint density at radius 3 is 2.38 bits per heavy atom. The fraction of sp³-hybridized carbons (Fsp3) is 0.0455. The fourth-order valence-electron chi connectivity index (χ4n) is 2.69. The Bertz CT molecular complexity index is 976. The average molecular weight is 362 g/mol. The molecule has 0 fully saturated rings. The molecule has 0 spiro atoms. The van der Waals surface area contributed by atoms with Gasteiger partial charge in [-0.1, -0.05) is 48.2 Å². The second-order valence-electron chi connectivity index (χ2n) is 5.92. The summed E-state index contributed by atoms with van der Waals surface area (Å²) >= 11 is 1.50. The molecule has 4 rings (SSSR count). The van der Waals surface area contributed by atoms with Crippen molar-refractivity contribution in [3.63, 3.8) is 0 Å². The summed E-state index contributed by atoms with van der Waals surface area (Å²) in [5.41, 5.74) is 2.62. The number of fused-ring (bicyclic) bond motifs is 1. The first-order valence-electron chi connectivity index (χ1n) is 8.20. The van der Waals surface area contributed by atoms with E-state index in [2.05, 4.69) is 0 Å². The molecule has 0 unspecified atom stereocenters. The molecule has 0 aromatic heterocycles. The molecule has 26 heavy (non-hydrogen) atoms. The molecular weight excluding hydrogens is 347 g/mol. The van der Waals surface area contributed by atoms with E-state index in [1.54, 1.807) is 12.1 Å². The third-order valence-electron chi connectivity index (χ3n) is 4.07. The van der Waals surface area contributed by atoms with Gasteiger partial charge in [0.15, 0.2) is 0 Å². The number of Topliss-reactive ketones (excluding diaryl/α,β-unsaturated/α-hetero) is 1. The van der Waals surface area contributed by atoms with E-state index in [-0.39, 0.29) is 11.6 Å². The number of hydrogen-bond acceptors (Lipinski definition) is 3. The van der Waals surface area contributed by atoms with Crippen molar-refractivity contribution in [3.8, 4) is 5.75 Å². The van der Waals surface area contributed by atoms with Crippen molar-refractivity contribution in [2.45, 2.75) is 11.5 Å². The number of carbonyl (C=O) groups excluding carboxylic acids is 1. The molecule has 4 heteroatoms. The zero-order chi connectivity index (χ0) is 17.9. The van der Waals surface area contributed by atoms with E-state index in [4.69, 9.17) is 4.74 Å². The largest absolute Gasteiger partial charge is 0.489 e. The molecule has 0 saturated heterocycles. The summed E-state index contributed by atoms with van der Waals surface area (Å²) in [6, 6.07) is 21.5. The number of hydrogen-bond donors (Lipinski definition) is 0. The van der Waals surface area contributed by atoms with Crippen LogP contribution in [0.25, 0.3) is 6.08 Å². The predicted molar refractivity (Wildman–Crippen MR) is 102 cm³/mol. The van der Waals surface area contributed by atoms with Gasteiger partial charge in [-0.05, 0) is 53.6 Å². The Hall–Kier alpha value is -2.85. The van der Waals surface area contributed by atoms with E-state index in [0.29, 0.717) is 6.61 Å². The highest BCUT2D eigenvalue weighted by molar-refractivity contribution is 8.04. The van der Waals surface area contributed by atoms with E-state index in [1.807, 2.05) is 54.6 Å². The first-order chi connectivity index (χ1) is 12.7. The number of halogens is 1. The molecule has 1 aliphatic rings. The van der Waals surface area contributed by atoms with E-state index < -0.39 is 0 Å². The summed E-state index contributed by atoms with van der Waals surface area (Å²) in [6.07, 6.45) is 1.90. The average Bonchev–Trinajstić information content (AvgIpc) is 2.98. The van der Waals surface area contributed by atoms with Crippen molar-refractivity contribution in [2.24, 2.45) is 0 Å². The number of carbonyl (C=O) groups is 1. The minimum atomic E-state index is -0.257. The van der Waals surface area contributed by atoms with Crippen molar-refractivity contribution >= 4 is 23.6 Å². The van der Waals surface area contributed by atoms with Gasteiger partial charge in [0.2, 0.25) is 5.78 Å².